The maximum absolute atomic E-state index is 4.36. The predicted octanol–water partition coefficient (Wildman–Crippen LogP) is 2.99. The Labute approximate surface area is 115 Å². The Morgan fingerprint density at radius 2 is 1.89 bits per heavy atom. The first-order chi connectivity index (χ1) is 9.17. The SMILES string of the molecule is CCNC(c1ccc(CC)cc1)c1cnn(C)c1C. The molecule has 0 amide bonds. The molecule has 0 saturated heterocycles. The largest absolute Gasteiger partial charge is 0.306 e. The molecule has 1 unspecified atom stereocenters. The topological polar surface area (TPSA) is 29.9 Å². The first-order valence-electron chi connectivity index (χ1n) is 6.98. The van der Waals surface area contributed by atoms with Crippen LogP contribution >= 0.6 is 0 Å². The monoisotopic (exact) mass is 257 g/mol. The fourth-order valence-corrected chi connectivity index (χ4v) is 2.36. The molecule has 1 aromatic heterocycles. The van der Waals surface area contributed by atoms with Gasteiger partial charge in [-0.05, 0) is 31.0 Å². The molecule has 102 valence electrons. The maximum atomic E-state index is 4.36. The molecular weight excluding hydrogens is 234 g/mol. The van der Waals surface area contributed by atoms with Crippen molar-refractivity contribution in [2.75, 3.05) is 6.54 Å². The normalized spacial score (nSPS) is 12.6. The molecule has 2 aromatic rings. The van der Waals surface area contributed by atoms with Crippen LogP contribution in [0.3, 0.4) is 0 Å². The van der Waals surface area contributed by atoms with Crippen LogP contribution < -0.4 is 5.32 Å². The fourth-order valence-electron chi connectivity index (χ4n) is 2.36. The van der Waals surface area contributed by atoms with Gasteiger partial charge in [-0.2, -0.15) is 5.10 Å². The van der Waals surface area contributed by atoms with Gasteiger partial charge in [-0.25, -0.2) is 0 Å². The molecule has 1 atom stereocenters. The van der Waals surface area contributed by atoms with Gasteiger partial charge in [0.25, 0.3) is 0 Å². The molecular formula is C16H23N3. The minimum Gasteiger partial charge on any atom is -0.306 e. The van der Waals surface area contributed by atoms with Gasteiger partial charge in [-0.1, -0.05) is 38.1 Å². The third-order valence-corrected chi connectivity index (χ3v) is 3.71. The van der Waals surface area contributed by atoms with Gasteiger partial charge in [-0.15, -0.1) is 0 Å². The summed E-state index contributed by atoms with van der Waals surface area (Å²) in [4.78, 5) is 0. The highest BCUT2D eigenvalue weighted by Crippen LogP contribution is 2.24. The molecule has 19 heavy (non-hydrogen) atoms. The lowest BCUT2D eigenvalue weighted by Crippen LogP contribution is -2.22. The average molecular weight is 257 g/mol. The number of rotatable bonds is 5. The second kappa shape index (κ2) is 6.02. The van der Waals surface area contributed by atoms with E-state index in [0.717, 1.165) is 13.0 Å². The third-order valence-electron chi connectivity index (χ3n) is 3.71. The van der Waals surface area contributed by atoms with Crippen LogP contribution in [0.4, 0.5) is 0 Å². The molecule has 0 fully saturated rings. The number of aryl methyl sites for hydroxylation is 2. The molecule has 0 radical (unpaired) electrons. The van der Waals surface area contributed by atoms with Crippen molar-refractivity contribution in [3.63, 3.8) is 0 Å². The molecule has 1 heterocycles. The van der Waals surface area contributed by atoms with Gasteiger partial charge < -0.3 is 5.32 Å². The average Bonchev–Trinajstić information content (AvgIpc) is 2.77. The van der Waals surface area contributed by atoms with Gasteiger partial charge in [-0.3, -0.25) is 4.68 Å². The van der Waals surface area contributed by atoms with Crippen molar-refractivity contribution in [2.45, 2.75) is 33.2 Å². The van der Waals surface area contributed by atoms with Crippen molar-refractivity contribution in [3.05, 3.63) is 52.8 Å². The van der Waals surface area contributed by atoms with Crippen molar-refractivity contribution >= 4 is 0 Å². The summed E-state index contributed by atoms with van der Waals surface area (Å²) in [7, 11) is 1.99. The van der Waals surface area contributed by atoms with E-state index in [1.54, 1.807) is 0 Å². The molecule has 0 saturated carbocycles. The Bertz CT molecular complexity index is 525. The Morgan fingerprint density at radius 1 is 1.21 bits per heavy atom. The van der Waals surface area contributed by atoms with Crippen LogP contribution in [0.25, 0.3) is 0 Å². The Kier molecular flexibility index (Phi) is 4.38. The molecule has 3 heteroatoms. The number of hydrogen-bond donors (Lipinski definition) is 1. The van der Waals surface area contributed by atoms with E-state index in [2.05, 4.69) is 55.5 Å². The minimum absolute atomic E-state index is 0.226. The summed E-state index contributed by atoms with van der Waals surface area (Å²) in [6, 6.07) is 9.10. The third kappa shape index (κ3) is 2.87. The van der Waals surface area contributed by atoms with E-state index in [1.165, 1.54) is 22.4 Å². The summed E-state index contributed by atoms with van der Waals surface area (Å²) < 4.78 is 1.93. The van der Waals surface area contributed by atoms with Crippen molar-refractivity contribution in [1.82, 2.24) is 15.1 Å². The zero-order valence-electron chi connectivity index (χ0n) is 12.3. The first kappa shape index (κ1) is 13.8. The van der Waals surface area contributed by atoms with Crippen molar-refractivity contribution in [1.29, 1.82) is 0 Å². The second-order valence-electron chi connectivity index (χ2n) is 4.89. The van der Waals surface area contributed by atoms with Crippen LogP contribution in [-0.2, 0) is 13.5 Å². The van der Waals surface area contributed by atoms with Gasteiger partial charge in [0.1, 0.15) is 0 Å². The summed E-state index contributed by atoms with van der Waals surface area (Å²) in [5, 5.41) is 7.91. The van der Waals surface area contributed by atoms with Crippen LogP contribution in [0.5, 0.6) is 0 Å². The predicted molar refractivity (Wildman–Crippen MR) is 79.3 cm³/mol. The van der Waals surface area contributed by atoms with E-state index in [1.807, 2.05) is 17.9 Å². The van der Waals surface area contributed by atoms with Crippen LogP contribution in [-0.4, -0.2) is 16.3 Å². The maximum Gasteiger partial charge on any atom is 0.0610 e. The van der Waals surface area contributed by atoms with Crippen LogP contribution in [0, 0.1) is 6.92 Å². The lowest BCUT2D eigenvalue weighted by Gasteiger charge is -2.18. The second-order valence-corrected chi connectivity index (χ2v) is 4.89. The van der Waals surface area contributed by atoms with Crippen molar-refractivity contribution < 1.29 is 0 Å². The van der Waals surface area contributed by atoms with Gasteiger partial charge >= 0.3 is 0 Å². The highest BCUT2D eigenvalue weighted by Gasteiger charge is 2.17. The van der Waals surface area contributed by atoms with Crippen molar-refractivity contribution in [3.8, 4) is 0 Å². The van der Waals surface area contributed by atoms with Gasteiger partial charge in [0.15, 0.2) is 0 Å². The Balaban J connectivity index is 2.36. The van der Waals surface area contributed by atoms with E-state index in [9.17, 15) is 0 Å². The number of hydrogen-bond acceptors (Lipinski definition) is 2. The number of nitrogens with one attached hydrogen (secondary N) is 1. The molecule has 0 aliphatic heterocycles. The summed E-state index contributed by atoms with van der Waals surface area (Å²) in [5.74, 6) is 0. The molecule has 1 N–H and O–H groups in total. The lowest BCUT2D eigenvalue weighted by molar-refractivity contribution is 0.624. The quantitative estimate of drug-likeness (QED) is 0.892. The van der Waals surface area contributed by atoms with Crippen LogP contribution in [0.2, 0.25) is 0 Å². The molecule has 2 rings (SSSR count). The molecule has 0 aliphatic rings. The molecule has 3 nitrogen and oxygen atoms in total. The number of benzene rings is 1. The smallest absolute Gasteiger partial charge is 0.0610 e. The molecule has 0 aliphatic carbocycles. The number of aromatic nitrogens is 2. The summed E-state index contributed by atoms with van der Waals surface area (Å²) in [6.45, 7) is 7.38. The van der Waals surface area contributed by atoms with Crippen LogP contribution in [0.1, 0.15) is 42.3 Å². The van der Waals surface area contributed by atoms with E-state index in [0.29, 0.717) is 0 Å². The molecule has 0 bridgehead atoms. The highest BCUT2D eigenvalue weighted by atomic mass is 15.3. The van der Waals surface area contributed by atoms with E-state index >= 15 is 0 Å². The fraction of sp³-hybridized carbons (Fsp3) is 0.438. The zero-order chi connectivity index (χ0) is 13.8. The zero-order valence-corrected chi connectivity index (χ0v) is 12.3. The molecule has 0 spiro atoms. The van der Waals surface area contributed by atoms with Crippen molar-refractivity contribution in [2.24, 2.45) is 7.05 Å². The summed E-state index contributed by atoms with van der Waals surface area (Å²) >= 11 is 0. The van der Waals surface area contributed by atoms with Crippen LogP contribution in [0.15, 0.2) is 30.5 Å². The molecule has 1 aromatic carbocycles. The summed E-state index contributed by atoms with van der Waals surface area (Å²) in [5.41, 5.74) is 5.15. The summed E-state index contributed by atoms with van der Waals surface area (Å²) in [6.07, 6.45) is 3.05. The van der Waals surface area contributed by atoms with Gasteiger partial charge in [0.05, 0.1) is 12.2 Å². The Hall–Kier alpha value is -1.61. The standard InChI is InChI=1S/C16H23N3/c1-5-13-7-9-14(10-8-13)16(17-6-2)15-11-18-19(4)12(15)3/h7-11,16-17H,5-6H2,1-4H3. The van der Waals surface area contributed by atoms with E-state index in [-0.39, 0.29) is 6.04 Å². The van der Waals surface area contributed by atoms with E-state index < -0.39 is 0 Å². The highest BCUT2D eigenvalue weighted by molar-refractivity contribution is 5.34. The van der Waals surface area contributed by atoms with Gasteiger partial charge in [0.2, 0.25) is 0 Å². The number of nitrogens with zero attached hydrogens (tertiary/aromatic N) is 2. The Morgan fingerprint density at radius 3 is 2.37 bits per heavy atom. The van der Waals surface area contributed by atoms with Gasteiger partial charge in [0, 0.05) is 18.3 Å². The van der Waals surface area contributed by atoms with E-state index in [4.69, 9.17) is 0 Å². The lowest BCUT2D eigenvalue weighted by atomic mass is 9.98. The minimum atomic E-state index is 0.226. The first-order valence-corrected chi connectivity index (χ1v) is 6.98.